The van der Waals surface area contributed by atoms with Gasteiger partial charge in [0.05, 0.1) is 6.61 Å². The highest BCUT2D eigenvalue weighted by atomic mass is 16.7. The van der Waals surface area contributed by atoms with E-state index in [4.69, 9.17) is 19.3 Å². The molecule has 0 aromatic rings. The van der Waals surface area contributed by atoms with Crippen LogP contribution in [0, 0.1) is 11.8 Å². The number of esters is 1. The van der Waals surface area contributed by atoms with Crippen LogP contribution < -0.4 is 0 Å². The van der Waals surface area contributed by atoms with Crippen LogP contribution in [0.3, 0.4) is 0 Å². The maximum atomic E-state index is 11.9. The third-order valence-electron chi connectivity index (χ3n) is 3.33. The molecule has 1 rings (SSSR count). The van der Waals surface area contributed by atoms with Gasteiger partial charge in [0, 0.05) is 13.0 Å². The predicted molar refractivity (Wildman–Crippen MR) is 79.3 cm³/mol. The van der Waals surface area contributed by atoms with Crippen molar-refractivity contribution in [3.05, 3.63) is 24.5 Å². The Morgan fingerprint density at radius 2 is 2.33 bits per heavy atom. The third-order valence-corrected chi connectivity index (χ3v) is 3.33. The van der Waals surface area contributed by atoms with Crippen LogP contribution in [0.15, 0.2) is 24.5 Å². The van der Waals surface area contributed by atoms with E-state index in [-0.39, 0.29) is 24.9 Å². The van der Waals surface area contributed by atoms with Crippen LogP contribution in [0.5, 0.6) is 0 Å². The molecule has 0 unspecified atom stereocenters. The first-order valence-electron chi connectivity index (χ1n) is 7.47. The molecule has 1 N–H and O–H groups in total. The van der Waals surface area contributed by atoms with E-state index in [1.54, 1.807) is 0 Å². The van der Waals surface area contributed by atoms with Gasteiger partial charge in [0.25, 0.3) is 0 Å². The number of unbranched alkanes of at least 4 members (excludes halogenated alkanes) is 1. The van der Waals surface area contributed by atoms with Gasteiger partial charge < -0.3 is 19.3 Å². The first-order valence-corrected chi connectivity index (χ1v) is 7.47. The van der Waals surface area contributed by atoms with Crippen LogP contribution in [0.25, 0.3) is 0 Å². The molecule has 2 atom stereocenters. The normalized spacial score (nSPS) is 21.6. The van der Waals surface area contributed by atoms with E-state index in [2.05, 4.69) is 20.4 Å². The lowest BCUT2D eigenvalue weighted by molar-refractivity contribution is -0.163. The average Bonchev–Trinajstić information content (AvgIpc) is 2.48. The largest absolute Gasteiger partial charge is 0.458 e. The Kier molecular flexibility index (Phi) is 8.08. The van der Waals surface area contributed by atoms with E-state index in [0.29, 0.717) is 18.9 Å². The van der Waals surface area contributed by atoms with Crippen LogP contribution in [0.2, 0.25) is 0 Å². The second kappa shape index (κ2) is 9.58. The number of carbonyl (C=O) groups excluding carboxylic acids is 1. The lowest BCUT2D eigenvalue weighted by Gasteiger charge is -2.30. The molecule has 1 heterocycles. The van der Waals surface area contributed by atoms with Crippen molar-refractivity contribution in [2.45, 2.75) is 39.4 Å². The zero-order chi connectivity index (χ0) is 15.7. The maximum absolute atomic E-state index is 11.9. The molecule has 1 aliphatic heterocycles. The highest BCUT2D eigenvalue weighted by molar-refractivity contribution is 5.86. The first kappa shape index (κ1) is 17.7. The number of ether oxygens (including phenoxy) is 3. The summed E-state index contributed by atoms with van der Waals surface area (Å²) in [6.07, 6.45) is 5.09. The Balaban J connectivity index is 2.59. The number of hydrogen-bond acceptors (Lipinski definition) is 5. The minimum atomic E-state index is -0.482. The molecule has 0 aromatic carbocycles. The van der Waals surface area contributed by atoms with E-state index in [1.165, 1.54) is 6.08 Å². The molecule has 120 valence electrons. The molecule has 21 heavy (non-hydrogen) atoms. The molecule has 5 nitrogen and oxygen atoms in total. The highest BCUT2D eigenvalue weighted by Crippen LogP contribution is 2.29. The van der Waals surface area contributed by atoms with E-state index in [9.17, 15) is 4.79 Å². The number of aliphatic hydroxyl groups is 1. The summed E-state index contributed by atoms with van der Waals surface area (Å²) >= 11 is 0. The molecule has 0 bridgehead atoms. The molecular formula is C16H26O5. The van der Waals surface area contributed by atoms with Gasteiger partial charge in [0.15, 0.2) is 0 Å². The fourth-order valence-corrected chi connectivity index (χ4v) is 2.03. The zero-order valence-corrected chi connectivity index (χ0v) is 12.9. The van der Waals surface area contributed by atoms with Gasteiger partial charge in [-0.3, -0.25) is 0 Å². The van der Waals surface area contributed by atoms with E-state index in [1.807, 2.05) is 6.08 Å². The summed E-state index contributed by atoms with van der Waals surface area (Å²) in [5.74, 6) is 0.339. The highest BCUT2D eigenvalue weighted by Gasteiger charge is 2.29. The molecular weight excluding hydrogens is 272 g/mol. The van der Waals surface area contributed by atoms with E-state index >= 15 is 0 Å². The molecule has 5 heteroatoms. The fourth-order valence-electron chi connectivity index (χ4n) is 2.03. The van der Waals surface area contributed by atoms with Crippen molar-refractivity contribution >= 4 is 5.97 Å². The monoisotopic (exact) mass is 298 g/mol. The summed E-state index contributed by atoms with van der Waals surface area (Å²) in [6, 6.07) is 0. The minimum absolute atomic E-state index is 0.155. The number of hydrogen-bond donors (Lipinski definition) is 1. The lowest BCUT2D eigenvalue weighted by Crippen LogP contribution is -2.30. The summed E-state index contributed by atoms with van der Waals surface area (Å²) in [5.41, 5.74) is 0. The second-order valence-electron chi connectivity index (χ2n) is 5.41. The van der Waals surface area contributed by atoms with E-state index in [0.717, 1.165) is 12.8 Å². The molecule has 0 saturated heterocycles. The van der Waals surface area contributed by atoms with Gasteiger partial charge in [0.1, 0.15) is 6.61 Å². The Bertz CT molecular complexity index is 362. The Morgan fingerprint density at radius 3 is 2.95 bits per heavy atom. The minimum Gasteiger partial charge on any atom is -0.458 e. The number of rotatable bonds is 9. The van der Waals surface area contributed by atoms with Crippen molar-refractivity contribution in [3.8, 4) is 0 Å². The number of aliphatic hydroxyl groups excluding tert-OH is 1. The van der Waals surface area contributed by atoms with Crippen LogP contribution >= 0.6 is 0 Å². The standard InChI is InChI=1S/C16H26O5/c1-4-8-20-16(18)14-10-13(12(2)3)11-15(21-14)19-9-6-5-7-17/h4,10,12-13,15,17H,1,5-9,11H2,2-3H3/t13-,15+/m0/s1. The number of carbonyl (C=O) groups is 1. The summed E-state index contributed by atoms with van der Waals surface area (Å²) in [7, 11) is 0. The quantitative estimate of drug-likeness (QED) is 0.402. The van der Waals surface area contributed by atoms with Gasteiger partial charge in [-0.1, -0.05) is 26.5 Å². The third kappa shape index (κ3) is 6.31. The van der Waals surface area contributed by atoms with Crippen molar-refractivity contribution in [2.24, 2.45) is 11.8 Å². The summed E-state index contributed by atoms with van der Waals surface area (Å²) in [4.78, 5) is 11.9. The van der Waals surface area contributed by atoms with Crippen LogP contribution in [0.4, 0.5) is 0 Å². The van der Waals surface area contributed by atoms with Crippen LogP contribution in [0.1, 0.15) is 33.1 Å². The molecule has 0 aliphatic carbocycles. The average molecular weight is 298 g/mol. The van der Waals surface area contributed by atoms with Crippen LogP contribution in [-0.2, 0) is 19.0 Å². The smallest absolute Gasteiger partial charge is 0.373 e. The Labute approximate surface area is 126 Å². The zero-order valence-electron chi connectivity index (χ0n) is 12.9. The van der Waals surface area contributed by atoms with Crippen molar-refractivity contribution in [2.75, 3.05) is 19.8 Å². The topological polar surface area (TPSA) is 65.0 Å². The van der Waals surface area contributed by atoms with Gasteiger partial charge in [0.2, 0.25) is 12.0 Å². The van der Waals surface area contributed by atoms with Gasteiger partial charge in [-0.15, -0.1) is 0 Å². The molecule has 0 amide bonds. The first-order chi connectivity index (χ1) is 10.1. The van der Waals surface area contributed by atoms with Crippen molar-refractivity contribution in [1.29, 1.82) is 0 Å². The summed E-state index contributed by atoms with van der Waals surface area (Å²) in [6.45, 7) is 8.53. The van der Waals surface area contributed by atoms with Crippen molar-refractivity contribution in [1.82, 2.24) is 0 Å². The number of allylic oxidation sites excluding steroid dienone is 1. The molecule has 0 spiro atoms. The van der Waals surface area contributed by atoms with E-state index < -0.39 is 12.3 Å². The SMILES string of the molecule is C=CCOC(=O)C1=C[C@H](C(C)C)C[C@H](OCCCCO)O1. The van der Waals surface area contributed by atoms with Gasteiger partial charge >= 0.3 is 5.97 Å². The lowest BCUT2D eigenvalue weighted by atomic mass is 9.90. The van der Waals surface area contributed by atoms with Gasteiger partial charge in [-0.25, -0.2) is 4.79 Å². The second-order valence-corrected chi connectivity index (χ2v) is 5.41. The summed E-state index contributed by atoms with van der Waals surface area (Å²) < 4.78 is 16.2. The Morgan fingerprint density at radius 1 is 1.57 bits per heavy atom. The fraction of sp³-hybridized carbons (Fsp3) is 0.688. The molecule has 1 aliphatic rings. The molecule has 0 aromatic heterocycles. The maximum Gasteiger partial charge on any atom is 0.373 e. The van der Waals surface area contributed by atoms with Crippen molar-refractivity contribution < 1.29 is 24.1 Å². The van der Waals surface area contributed by atoms with Gasteiger partial charge in [-0.05, 0) is 30.8 Å². The Hall–Kier alpha value is -1.33. The molecule has 0 saturated carbocycles. The molecule has 0 fully saturated rings. The summed E-state index contributed by atoms with van der Waals surface area (Å²) in [5, 5.41) is 8.75. The predicted octanol–water partition coefficient (Wildman–Crippen LogP) is 2.41. The van der Waals surface area contributed by atoms with Crippen LogP contribution in [-0.4, -0.2) is 37.2 Å². The molecule has 0 radical (unpaired) electrons. The van der Waals surface area contributed by atoms with Gasteiger partial charge in [-0.2, -0.15) is 0 Å². The van der Waals surface area contributed by atoms with Crippen molar-refractivity contribution in [3.63, 3.8) is 0 Å².